The first-order chi connectivity index (χ1) is 7.66. The van der Waals surface area contributed by atoms with Crippen LogP contribution in [0.2, 0.25) is 0 Å². The monoisotopic (exact) mass is 223 g/mol. The predicted molar refractivity (Wildman–Crippen MR) is 63.0 cm³/mol. The summed E-state index contributed by atoms with van der Waals surface area (Å²) in [7, 11) is 0. The van der Waals surface area contributed by atoms with Gasteiger partial charge in [0.05, 0.1) is 12.6 Å². The van der Waals surface area contributed by atoms with Gasteiger partial charge in [0.2, 0.25) is 0 Å². The van der Waals surface area contributed by atoms with Gasteiger partial charge >= 0.3 is 0 Å². The Kier molecular flexibility index (Phi) is 3.41. The Morgan fingerprint density at radius 1 is 1.38 bits per heavy atom. The molecule has 2 fully saturated rings. The van der Waals surface area contributed by atoms with Crippen LogP contribution < -0.4 is 0 Å². The fraction of sp³-hybridized carbons (Fsp3) is 1.00. The summed E-state index contributed by atoms with van der Waals surface area (Å²) >= 11 is 0. The number of ether oxygens (including phenoxy) is 1. The lowest BCUT2D eigenvalue weighted by Gasteiger charge is -2.43. The van der Waals surface area contributed by atoms with Crippen LogP contribution in [0.5, 0.6) is 0 Å². The molecule has 0 amide bonds. The van der Waals surface area contributed by atoms with E-state index >= 15 is 0 Å². The van der Waals surface area contributed by atoms with Crippen molar-refractivity contribution in [3.63, 3.8) is 0 Å². The van der Waals surface area contributed by atoms with Crippen molar-refractivity contribution in [2.24, 2.45) is 22.4 Å². The molecule has 1 aliphatic carbocycles. The summed E-state index contributed by atoms with van der Waals surface area (Å²) in [5.41, 5.74) is 8.72. The maximum Gasteiger partial charge on any atom is 0.0688 e. The molecule has 1 spiro atoms. The number of azide groups is 1. The van der Waals surface area contributed by atoms with E-state index in [-0.39, 0.29) is 6.10 Å². The molecule has 0 radical (unpaired) electrons. The molecule has 4 nitrogen and oxygen atoms in total. The largest absolute Gasteiger partial charge is 0.377 e. The Morgan fingerprint density at radius 2 is 2.06 bits per heavy atom. The summed E-state index contributed by atoms with van der Waals surface area (Å²) < 4.78 is 5.78. The molecule has 0 aromatic heterocycles. The van der Waals surface area contributed by atoms with Crippen LogP contribution in [0.3, 0.4) is 0 Å². The van der Waals surface area contributed by atoms with Crippen LogP contribution in [0.15, 0.2) is 5.11 Å². The lowest BCUT2D eigenvalue weighted by atomic mass is 9.63. The van der Waals surface area contributed by atoms with E-state index in [4.69, 9.17) is 10.3 Å². The molecule has 1 heterocycles. The van der Waals surface area contributed by atoms with Gasteiger partial charge in [-0.3, -0.25) is 0 Å². The van der Waals surface area contributed by atoms with Gasteiger partial charge < -0.3 is 4.74 Å². The van der Waals surface area contributed by atoms with Crippen molar-refractivity contribution in [2.75, 3.05) is 13.2 Å². The highest BCUT2D eigenvalue weighted by atomic mass is 16.5. The zero-order valence-electron chi connectivity index (χ0n) is 10.2. The molecule has 2 rings (SSSR count). The summed E-state index contributed by atoms with van der Waals surface area (Å²) in [6, 6.07) is 0. The summed E-state index contributed by atoms with van der Waals surface area (Å²) in [5, 5.41) is 3.71. The molecule has 0 aromatic carbocycles. The van der Waals surface area contributed by atoms with Crippen molar-refractivity contribution in [2.45, 2.75) is 45.6 Å². The van der Waals surface area contributed by atoms with E-state index in [2.05, 4.69) is 23.9 Å². The van der Waals surface area contributed by atoms with Gasteiger partial charge in [-0.05, 0) is 48.5 Å². The highest BCUT2D eigenvalue weighted by Crippen LogP contribution is 2.50. The van der Waals surface area contributed by atoms with Crippen LogP contribution >= 0.6 is 0 Å². The van der Waals surface area contributed by atoms with E-state index in [1.165, 1.54) is 19.3 Å². The molecule has 1 aliphatic heterocycles. The Hall–Kier alpha value is -0.730. The lowest BCUT2D eigenvalue weighted by molar-refractivity contribution is 0.00818. The molecule has 3 atom stereocenters. The minimum Gasteiger partial charge on any atom is -0.377 e. The van der Waals surface area contributed by atoms with E-state index in [1.54, 1.807) is 0 Å². The summed E-state index contributed by atoms with van der Waals surface area (Å²) in [6.45, 7) is 6.02. The van der Waals surface area contributed by atoms with E-state index < -0.39 is 0 Å². The van der Waals surface area contributed by atoms with Gasteiger partial charge in [-0.2, -0.15) is 0 Å². The van der Waals surface area contributed by atoms with Crippen molar-refractivity contribution in [3.05, 3.63) is 10.4 Å². The third-order valence-corrected chi connectivity index (χ3v) is 4.23. The van der Waals surface area contributed by atoms with Gasteiger partial charge in [-0.15, -0.1) is 0 Å². The second-order valence-electron chi connectivity index (χ2n) is 5.74. The van der Waals surface area contributed by atoms with Gasteiger partial charge in [0.25, 0.3) is 0 Å². The first-order valence-corrected chi connectivity index (χ1v) is 6.29. The fourth-order valence-electron chi connectivity index (χ4n) is 3.89. The summed E-state index contributed by atoms with van der Waals surface area (Å²) in [5.74, 6) is 1.55. The molecule has 3 unspecified atom stereocenters. The lowest BCUT2D eigenvalue weighted by Crippen LogP contribution is -2.39. The van der Waals surface area contributed by atoms with Gasteiger partial charge in [-0.25, -0.2) is 0 Å². The van der Waals surface area contributed by atoms with Gasteiger partial charge in [0.15, 0.2) is 0 Å². The zero-order valence-corrected chi connectivity index (χ0v) is 10.2. The van der Waals surface area contributed by atoms with Crippen LogP contribution in [-0.4, -0.2) is 19.3 Å². The molecular formula is C12H21N3O. The maximum atomic E-state index is 8.42. The second-order valence-corrected chi connectivity index (χ2v) is 5.74. The normalized spacial score (nSPS) is 43.2. The molecule has 16 heavy (non-hydrogen) atoms. The SMILES string of the molecule is CC1CC(C)CC2(CCOC2CN=[N+]=[N-])C1. The molecule has 2 aliphatic rings. The summed E-state index contributed by atoms with van der Waals surface area (Å²) in [4.78, 5) is 2.86. The molecule has 4 heteroatoms. The Balaban J connectivity index is 2.11. The first-order valence-electron chi connectivity index (χ1n) is 6.29. The van der Waals surface area contributed by atoms with Crippen LogP contribution in [0.25, 0.3) is 10.4 Å². The maximum absolute atomic E-state index is 8.42. The summed E-state index contributed by atoms with van der Waals surface area (Å²) in [6.07, 6.45) is 5.11. The standard InChI is InChI=1S/C12H21N3O/c1-9-5-10(2)7-12(6-9)3-4-16-11(12)8-14-15-13/h9-11H,3-8H2,1-2H3. The van der Waals surface area contributed by atoms with Gasteiger partial charge in [-0.1, -0.05) is 19.0 Å². The van der Waals surface area contributed by atoms with Gasteiger partial charge in [0, 0.05) is 11.5 Å². The first kappa shape index (κ1) is 11.7. The highest BCUT2D eigenvalue weighted by molar-refractivity contribution is 4.97. The smallest absolute Gasteiger partial charge is 0.0688 e. The predicted octanol–water partition coefficient (Wildman–Crippen LogP) is 3.53. The minimum absolute atomic E-state index is 0.161. The molecule has 0 N–H and O–H groups in total. The highest BCUT2D eigenvalue weighted by Gasteiger charge is 2.47. The van der Waals surface area contributed by atoms with Gasteiger partial charge in [0.1, 0.15) is 0 Å². The Bertz CT molecular complexity index is 289. The second kappa shape index (κ2) is 4.64. The van der Waals surface area contributed by atoms with E-state index in [0.717, 1.165) is 24.9 Å². The fourth-order valence-corrected chi connectivity index (χ4v) is 3.89. The minimum atomic E-state index is 0.161. The molecule has 90 valence electrons. The molecule has 1 saturated carbocycles. The molecule has 1 saturated heterocycles. The zero-order chi connectivity index (χ0) is 11.6. The van der Waals surface area contributed by atoms with E-state index in [9.17, 15) is 0 Å². The average molecular weight is 223 g/mol. The van der Waals surface area contributed by atoms with E-state index in [1.807, 2.05) is 0 Å². The van der Waals surface area contributed by atoms with Crippen molar-refractivity contribution in [3.8, 4) is 0 Å². The van der Waals surface area contributed by atoms with Crippen molar-refractivity contribution < 1.29 is 4.74 Å². The topological polar surface area (TPSA) is 58.0 Å². The number of hydrogen-bond acceptors (Lipinski definition) is 2. The van der Waals surface area contributed by atoms with Crippen molar-refractivity contribution in [1.82, 2.24) is 0 Å². The Labute approximate surface area is 97.0 Å². The quantitative estimate of drug-likeness (QED) is 0.401. The van der Waals surface area contributed by atoms with Crippen LogP contribution in [0.4, 0.5) is 0 Å². The third-order valence-electron chi connectivity index (χ3n) is 4.23. The molecule has 0 aromatic rings. The van der Waals surface area contributed by atoms with Crippen LogP contribution in [0.1, 0.15) is 39.5 Å². The van der Waals surface area contributed by atoms with Crippen molar-refractivity contribution in [1.29, 1.82) is 0 Å². The van der Waals surface area contributed by atoms with E-state index in [0.29, 0.717) is 12.0 Å². The third kappa shape index (κ3) is 2.18. The molecule has 0 bridgehead atoms. The van der Waals surface area contributed by atoms with Crippen molar-refractivity contribution >= 4 is 0 Å². The Morgan fingerprint density at radius 3 is 2.69 bits per heavy atom. The van der Waals surface area contributed by atoms with Crippen LogP contribution in [-0.2, 0) is 4.74 Å². The average Bonchev–Trinajstić information content (AvgIpc) is 2.55. The number of hydrogen-bond donors (Lipinski definition) is 0. The number of rotatable bonds is 2. The molecular weight excluding hydrogens is 202 g/mol. The van der Waals surface area contributed by atoms with Crippen LogP contribution in [0, 0.1) is 17.3 Å². The number of nitrogens with zero attached hydrogens (tertiary/aromatic N) is 3.